The van der Waals surface area contributed by atoms with Gasteiger partial charge in [0.15, 0.2) is 0 Å². The molecule has 1 heterocycles. The van der Waals surface area contributed by atoms with Crippen LogP contribution in [-0.4, -0.2) is 57.7 Å². The summed E-state index contributed by atoms with van der Waals surface area (Å²) in [5, 5.41) is 3.28. The number of ether oxygens (including phenoxy) is 1. The van der Waals surface area contributed by atoms with Crippen molar-refractivity contribution in [1.82, 2.24) is 14.3 Å². The molecule has 1 aliphatic heterocycles. The summed E-state index contributed by atoms with van der Waals surface area (Å²) in [7, 11) is -1.79. The number of nitrogens with zero attached hydrogens (tertiary/aromatic N) is 1. The molecule has 2 N–H and O–H groups in total. The van der Waals surface area contributed by atoms with E-state index >= 15 is 0 Å². The first-order valence-corrected chi connectivity index (χ1v) is 8.75. The zero-order valence-corrected chi connectivity index (χ0v) is 13.9. The average Bonchev–Trinajstić information content (AvgIpc) is 2.33. The molecule has 7 heteroatoms. The van der Waals surface area contributed by atoms with Gasteiger partial charge in [-0.25, -0.2) is 0 Å². The molecular formula is C13H29N3O3S. The lowest BCUT2D eigenvalue weighted by atomic mass is 9.94. The van der Waals surface area contributed by atoms with Crippen molar-refractivity contribution >= 4 is 10.2 Å². The molecule has 0 atom stereocenters. The molecule has 0 aromatic carbocycles. The smallest absolute Gasteiger partial charge is 0.279 e. The quantitative estimate of drug-likeness (QED) is 0.648. The van der Waals surface area contributed by atoms with Gasteiger partial charge in [0.05, 0.1) is 0 Å². The molecule has 0 aromatic rings. The summed E-state index contributed by atoms with van der Waals surface area (Å²) < 4.78 is 34.1. The maximum Gasteiger partial charge on any atom is 0.279 e. The van der Waals surface area contributed by atoms with Crippen molar-refractivity contribution in [2.75, 3.05) is 33.4 Å². The Morgan fingerprint density at radius 1 is 1.30 bits per heavy atom. The van der Waals surface area contributed by atoms with E-state index in [-0.39, 0.29) is 5.54 Å². The number of rotatable bonds is 8. The number of nitrogens with one attached hydrogen (secondary N) is 2. The highest BCUT2D eigenvalue weighted by molar-refractivity contribution is 7.87. The monoisotopic (exact) mass is 307 g/mol. The van der Waals surface area contributed by atoms with Gasteiger partial charge >= 0.3 is 0 Å². The lowest BCUT2D eigenvalue weighted by Crippen LogP contribution is -2.53. The second-order valence-corrected chi connectivity index (χ2v) is 7.84. The van der Waals surface area contributed by atoms with Crippen LogP contribution in [0.1, 0.15) is 40.0 Å². The van der Waals surface area contributed by atoms with Gasteiger partial charge in [-0.2, -0.15) is 17.4 Å². The molecule has 0 saturated carbocycles. The molecule has 6 nitrogen and oxygen atoms in total. The van der Waals surface area contributed by atoms with Crippen LogP contribution in [0.4, 0.5) is 0 Å². The van der Waals surface area contributed by atoms with Crippen LogP contribution in [-0.2, 0) is 14.9 Å². The molecule has 1 saturated heterocycles. The maximum absolute atomic E-state index is 12.3. The summed E-state index contributed by atoms with van der Waals surface area (Å²) in [5.41, 5.74) is -0.387. The molecule has 0 bridgehead atoms. The molecule has 20 heavy (non-hydrogen) atoms. The molecule has 1 fully saturated rings. The summed E-state index contributed by atoms with van der Waals surface area (Å²) in [6, 6.07) is 0.427. The highest BCUT2D eigenvalue weighted by atomic mass is 32.2. The predicted molar refractivity (Wildman–Crippen MR) is 80.9 cm³/mol. The van der Waals surface area contributed by atoms with E-state index in [1.807, 2.05) is 6.92 Å². The maximum atomic E-state index is 12.3. The summed E-state index contributed by atoms with van der Waals surface area (Å²) in [5.74, 6) is 0. The van der Waals surface area contributed by atoms with Gasteiger partial charge in [-0.15, -0.1) is 0 Å². The fraction of sp³-hybridized carbons (Fsp3) is 1.00. The Labute approximate surface area is 123 Å². The minimum Gasteiger partial charge on any atom is -0.381 e. The molecule has 0 amide bonds. The van der Waals surface area contributed by atoms with Gasteiger partial charge in [0, 0.05) is 38.4 Å². The van der Waals surface area contributed by atoms with E-state index in [0.29, 0.717) is 25.8 Å². The van der Waals surface area contributed by atoms with E-state index in [1.165, 1.54) is 4.31 Å². The average molecular weight is 307 g/mol. The van der Waals surface area contributed by atoms with E-state index in [1.54, 1.807) is 7.05 Å². The van der Waals surface area contributed by atoms with Crippen molar-refractivity contribution < 1.29 is 13.2 Å². The molecule has 0 spiro atoms. The van der Waals surface area contributed by atoms with Crippen molar-refractivity contribution in [1.29, 1.82) is 0 Å². The first kappa shape index (κ1) is 17.8. The Hall–Kier alpha value is -0.210. The SMILES string of the molecule is CC(C)NCCCN(C)S(=O)(=O)NC1(C)CCOCC1. The number of hydrogen-bond acceptors (Lipinski definition) is 4. The largest absolute Gasteiger partial charge is 0.381 e. The third-order valence-corrected chi connectivity index (χ3v) is 5.34. The molecule has 1 rings (SSSR count). The first-order chi connectivity index (χ1) is 9.25. The molecule has 0 radical (unpaired) electrons. The van der Waals surface area contributed by atoms with Gasteiger partial charge in [0.25, 0.3) is 10.2 Å². The van der Waals surface area contributed by atoms with Crippen LogP contribution in [0.5, 0.6) is 0 Å². The van der Waals surface area contributed by atoms with E-state index in [0.717, 1.165) is 25.8 Å². The third kappa shape index (κ3) is 6.05. The van der Waals surface area contributed by atoms with E-state index in [4.69, 9.17) is 4.74 Å². The van der Waals surface area contributed by atoms with Crippen molar-refractivity contribution in [3.63, 3.8) is 0 Å². The van der Waals surface area contributed by atoms with Crippen LogP contribution >= 0.6 is 0 Å². The minimum atomic E-state index is -3.42. The summed E-state index contributed by atoms with van der Waals surface area (Å²) in [4.78, 5) is 0. The molecule has 1 aliphatic rings. The van der Waals surface area contributed by atoms with Crippen LogP contribution in [0.15, 0.2) is 0 Å². The fourth-order valence-corrected chi connectivity index (χ4v) is 3.48. The van der Waals surface area contributed by atoms with Crippen LogP contribution in [0.2, 0.25) is 0 Å². The van der Waals surface area contributed by atoms with Crippen molar-refractivity contribution in [2.24, 2.45) is 0 Å². The van der Waals surface area contributed by atoms with Gasteiger partial charge in [-0.1, -0.05) is 13.8 Å². The van der Waals surface area contributed by atoms with Crippen molar-refractivity contribution in [2.45, 2.75) is 51.6 Å². The van der Waals surface area contributed by atoms with Gasteiger partial charge in [0.2, 0.25) is 0 Å². The molecule has 120 valence electrons. The first-order valence-electron chi connectivity index (χ1n) is 7.31. The van der Waals surface area contributed by atoms with E-state index in [9.17, 15) is 8.42 Å². The lowest BCUT2D eigenvalue weighted by molar-refractivity contribution is 0.0532. The topological polar surface area (TPSA) is 70.7 Å². The predicted octanol–water partition coefficient (Wildman–Crippen LogP) is 0.710. The van der Waals surface area contributed by atoms with Crippen molar-refractivity contribution in [3.05, 3.63) is 0 Å². The van der Waals surface area contributed by atoms with Gasteiger partial charge in [-0.3, -0.25) is 0 Å². The van der Waals surface area contributed by atoms with E-state index in [2.05, 4.69) is 23.9 Å². The van der Waals surface area contributed by atoms with Crippen LogP contribution in [0, 0.1) is 0 Å². The van der Waals surface area contributed by atoms with Gasteiger partial charge < -0.3 is 10.1 Å². The van der Waals surface area contributed by atoms with Gasteiger partial charge in [0.1, 0.15) is 0 Å². The molecule has 0 aliphatic carbocycles. The molecule has 0 unspecified atom stereocenters. The summed E-state index contributed by atoms with van der Waals surface area (Å²) >= 11 is 0. The Morgan fingerprint density at radius 3 is 2.45 bits per heavy atom. The van der Waals surface area contributed by atoms with Crippen LogP contribution in [0.25, 0.3) is 0 Å². The second kappa shape index (κ2) is 7.70. The van der Waals surface area contributed by atoms with Crippen LogP contribution < -0.4 is 10.0 Å². The highest BCUT2D eigenvalue weighted by Crippen LogP contribution is 2.21. The van der Waals surface area contributed by atoms with Gasteiger partial charge in [-0.05, 0) is 32.7 Å². The lowest BCUT2D eigenvalue weighted by Gasteiger charge is -2.35. The zero-order chi connectivity index (χ0) is 15.2. The molecular weight excluding hydrogens is 278 g/mol. The zero-order valence-electron chi connectivity index (χ0n) is 13.1. The Kier molecular flexibility index (Phi) is 6.87. The van der Waals surface area contributed by atoms with Crippen molar-refractivity contribution in [3.8, 4) is 0 Å². The fourth-order valence-electron chi connectivity index (χ4n) is 2.13. The minimum absolute atomic E-state index is 0.387. The Bertz CT molecular complexity index is 378. The Balaban J connectivity index is 2.42. The summed E-state index contributed by atoms with van der Waals surface area (Å²) in [6.45, 7) is 8.66. The standard InChI is InChI=1S/C13H29N3O3S/c1-12(2)14-8-5-9-16(4)20(17,18)15-13(3)6-10-19-11-7-13/h12,14-15H,5-11H2,1-4H3. The molecule has 0 aromatic heterocycles. The summed E-state index contributed by atoms with van der Waals surface area (Å²) in [6.07, 6.45) is 2.24. The van der Waals surface area contributed by atoms with E-state index < -0.39 is 10.2 Å². The number of hydrogen-bond donors (Lipinski definition) is 2. The highest BCUT2D eigenvalue weighted by Gasteiger charge is 2.33. The Morgan fingerprint density at radius 2 is 1.90 bits per heavy atom. The van der Waals surface area contributed by atoms with Crippen LogP contribution in [0.3, 0.4) is 0 Å². The second-order valence-electron chi connectivity index (χ2n) is 6.06. The normalized spacial score (nSPS) is 19.7. The third-order valence-electron chi connectivity index (χ3n) is 3.58.